The molecule has 0 aliphatic heterocycles. The van der Waals surface area contributed by atoms with E-state index in [0.29, 0.717) is 12.2 Å². The molecule has 0 unspecified atom stereocenters. The van der Waals surface area contributed by atoms with Crippen molar-refractivity contribution in [2.45, 2.75) is 19.8 Å². The van der Waals surface area contributed by atoms with Crippen molar-refractivity contribution in [3.8, 4) is 0 Å². The van der Waals surface area contributed by atoms with Gasteiger partial charge in [0.1, 0.15) is 6.42 Å². The number of nitrogens with zero attached hydrogens (tertiary/aromatic N) is 1. The normalized spacial score (nSPS) is 10.5. The molecule has 0 radical (unpaired) electrons. The summed E-state index contributed by atoms with van der Waals surface area (Å²) in [5.74, 6) is -0.570. The van der Waals surface area contributed by atoms with Crippen LogP contribution < -0.4 is 10.6 Å². The fraction of sp³-hybridized carbons (Fsp3) is 0.467. The molecule has 0 atom stereocenters. The molecule has 0 bridgehead atoms. The number of carbonyl (C=O) groups excluding carboxylic acids is 2. The van der Waals surface area contributed by atoms with Gasteiger partial charge >= 0.3 is 0 Å². The highest BCUT2D eigenvalue weighted by Gasteiger charge is 2.10. The lowest BCUT2D eigenvalue weighted by molar-refractivity contribution is -0.126. The minimum Gasteiger partial charge on any atom is -0.356 e. The average Bonchev–Trinajstić information content (AvgIpc) is 2.38. The Morgan fingerprint density at radius 1 is 1.24 bits per heavy atom. The largest absolute Gasteiger partial charge is 0.356 e. The third-order valence-corrected chi connectivity index (χ3v) is 3.48. The second-order valence-corrected chi connectivity index (χ2v) is 6.07. The molecule has 1 aromatic rings. The predicted molar refractivity (Wildman–Crippen MR) is 88.3 cm³/mol. The Bertz CT molecular complexity index is 504. The van der Waals surface area contributed by atoms with Gasteiger partial charge in [-0.1, -0.05) is 6.07 Å². The summed E-state index contributed by atoms with van der Waals surface area (Å²) < 4.78 is 0.808. The Hall–Kier alpha value is -1.40. The molecule has 1 aromatic carbocycles. The van der Waals surface area contributed by atoms with Crippen molar-refractivity contribution in [3.63, 3.8) is 0 Å². The number of hydrogen-bond donors (Lipinski definition) is 2. The molecule has 0 saturated carbocycles. The number of rotatable bonds is 7. The van der Waals surface area contributed by atoms with E-state index in [2.05, 4.69) is 26.6 Å². The number of hydrogen-bond acceptors (Lipinski definition) is 3. The van der Waals surface area contributed by atoms with Crippen molar-refractivity contribution >= 4 is 33.4 Å². The highest BCUT2D eigenvalue weighted by Crippen LogP contribution is 2.23. The third-order valence-electron chi connectivity index (χ3n) is 2.82. The Kier molecular flexibility index (Phi) is 7.39. The van der Waals surface area contributed by atoms with Crippen LogP contribution in [0.1, 0.15) is 18.4 Å². The lowest BCUT2D eigenvalue weighted by atomic mass is 10.2. The summed E-state index contributed by atoms with van der Waals surface area (Å²) >= 11 is 3.39. The van der Waals surface area contributed by atoms with Crippen LogP contribution in [0, 0.1) is 6.92 Å². The molecule has 0 saturated heterocycles. The van der Waals surface area contributed by atoms with Crippen molar-refractivity contribution in [1.29, 1.82) is 0 Å². The standard InChI is InChI=1S/C15H22BrN3O2/c1-11-5-6-13(12(16)9-11)18-15(21)10-14(20)17-7-4-8-19(2)3/h5-6,9H,4,7-8,10H2,1-3H3,(H,17,20)(H,18,21). The topological polar surface area (TPSA) is 61.4 Å². The summed E-state index contributed by atoms with van der Waals surface area (Å²) in [5.41, 5.74) is 1.77. The smallest absolute Gasteiger partial charge is 0.233 e. The van der Waals surface area contributed by atoms with Crippen LogP contribution in [0.3, 0.4) is 0 Å². The highest BCUT2D eigenvalue weighted by atomic mass is 79.9. The summed E-state index contributed by atoms with van der Waals surface area (Å²) in [7, 11) is 3.96. The van der Waals surface area contributed by atoms with Crippen molar-refractivity contribution in [2.24, 2.45) is 0 Å². The summed E-state index contributed by atoms with van der Waals surface area (Å²) in [4.78, 5) is 25.5. The molecule has 2 amide bonds. The molecule has 5 nitrogen and oxygen atoms in total. The number of anilines is 1. The minimum atomic E-state index is -0.315. The van der Waals surface area contributed by atoms with Crippen LogP contribution in [0.15, 0.2) is 22.7 Å². The van der Waals surface area contributed by atoms with Gasteiger partial charge in [-0.15, -0.1) is 0 Å². The second-order valence-electron chi connectivity index (χ2n) is 5.22. The van der Waals surface area contributed by atoms with Gasteiger partial charge in [0, 0.05) is 11.0 Å². The van der Waals surface area contributed by atoms with Crippen LogP contribution in [0.25, 0.3) is 0 Å². The van der Waals surface area contributed by atoms with Gasteiger partial charge in [-0.25, -0.2) is 0 Å². The molecule has 0 spiro atoms. The van der Waals surface area contributed by atoms with E-state index in [4.69, 9.17) is 0 Å². The van der Waals surface area contributed by atoms with Crippen LogP contribution in [-0.4, -0.2) is 43.9 Å². The Labute approximate surface area is 134 Å². The number of carbonyl (C=O) groups is 2. The van der Waals surface area contributed by atoms with Crippen LogP contribution >= 0.6 is 15.9 Å². The van der Waals surface area contributed by atoms with Crippen LogP contribution in [0.2, 0.25) is 0 Å². The SMILES string of the molecule is Cc1ccc(NC(=O)CC(=O)NCCCN(C)C)c(Br)c1. The van der Waals surface area contributed by atoms with Gasteiger partial charge in [0.05, 0.1) is 5.69 Å². The fourth-order valence-corrected chi connectivity index (χ4v) is 2.34. The summed E-state index contributed by atoms with van der Waals surface area (Å²) in [6, 6.07) is 5.63. The molecular weight excluding hydrogens is 334 g/mol. The van der Waals surface area contributed by atoms with E-state index in [9.17, 15) is 9.59 Å². The molecule has 116 valence electrons. The summed E-state index contributed by atoms with van der Waals surface area (Å²) in [5, 5.41) is 5.46. The van der Waals surface area contributed by atoms with E-state index in [-0.39, 0.29) is 18.2 Å². The Balaban J connectivity index is 2.34. The molecule has 2 N–H and O–H groups in total. The third kappa shape index (κ3) is 7.24. The summed E-state index contributed by atoms with van der Waals surface area (Å²) in [6.45, 7) is 3.46. The van der Waals surface area contributed by atoms with Crippen molar-refractivity contribution in [3.05, 3.63) is 28.2 Å². The molecule has 0 heterocycles. The lowest BCUT2D eigenvalue weighted by Crippen LogP contribution is -2.30. The van der Waals surface area contributed by atoms with E-state index in [0.717, 1.165) is 23.0 Å². The molecule has 0 aliphatic carbocycles. The first kappa shape index (κ1) is 17.7. The van der Waals surface area contributed by atoms with Gasteiger partial charge < -0.3 is 15.5 Å². The average molecular weight is 356 g/mol. The van der Waals surface area contributed by atoms with Gasteiger partial charge in [-0.05, 0) is 67.6 Å². The number of aryl methyl sites for hydroxylation is 1. The van der Waals surface area contributed by atoms with Crippen LogP contribution in [0.5, 0.6) is 0 Å². The van der Waals surface area contributed by atoms with E-state index in [1.807, 2.05) is 44.1 Å². The fourth-order valence-electron chi connectivity index (χ4n) is 1.75. The molecule has 0 fully saturated rings. The van der Waals surface area contributed by atoms with Crippen LogP contribution in [0.4, 0.5) is 5.69 Å². The molecule has 6 heteroatoms. The van der Waals surface area contributed by atoms with Gasteiger partial charge in [0.15, 0.2) is 0 Å². The predicted octanol–water partition coefficient (Wildman–Crippen LogP) is 2.15. The van der Waals surface area contributed by atoms with Crippen molar-refractivity contribution in [2.75, 3.05) is 32.5 Å². The number of halogens is 1. The van der Waals surface area contributed by atoms with E-state index < -0.39 is 0 Å². The molecule has 0 aliphatic rings. The number of amides is 2. The lowest BCUT2D eigenvalue weighted by Gasteiger charge is -2.10. The van der Waals surface area contributed by atoms with Gasteiger partial charge in [0.25, 0.3) is 0 Å². The Morgan fingerprint density at radius 3 is 2.57 bits per heavy atom. The molecule has 0 aromatic heterocycles. The molecule has 21 heavy (non-hydrogen) atoms. The zero-order chi connectivity index (χ0) is 15.8. The maximum Gasteiger partial charge on any atom is 0.233 e. The monoisotopic (exact) mass is 355 g/mol. The highest BCUT2D eigenvalue weighted by molar-refractivity contribution is 9.10. The maximum atomic E-state index is 11.8. The number of nitrogens with one attached hydrogen (secondary N) is 2. The second kappa shape index (κ2) is 8.79. The quantitative estimate of drug-likeness (QED) is 0.581. The zero-order valence-corrected chi connectivity index (χ0v) is 14.3. The first-order chi connectivity index (χ1) is 9.88. The van der Waals surface area contributed by atoms with Gasteiger partial charge in [-0.2, -0.15) is 0 Å². The molecule has 1 rings (SSSR count). The minimum absolute atomic E-state index is 0.164. The first-order valence-electron chi connectivity index (χ1n) is 6.86. The van der Waals surface area contributed by atoms with Crippen LogP contribution in [-0.2, 0) is 9.59 Å². The molecular formula is C15H22BrN3O2. The van der Waals surface area contributed by atoms with E-state index in [1.165, 1.54) is 0 Å². The maximum absolute atomic E-state index is 11.8. The van der Waals surface area contributed by atoms with Crippen molar-refractivity contribution in [1.82, 2.24) is 10.2 Å². The van der Waals surface area contributed by atoms with E-state index >= 15 is 0 Å². The Morgan fingerprint density at radius 2 is 1.95 bits per heavy atom. The van der Waals surface area contributed by atoms with Gasteiger partial charge in [0.2, 0.25) is 11.8 Å². The zero-order valence-electron chi connectivity index (χ0n) is 12.7. The van der Waals surface area contributed by atoms with Crippen molar-refractivity contribution < 1.29 is 9.59 Å². The van der Waals surface area contributed by atoms with Gasteiger partial charge in [-0.3, -0.25) is 9.59 Å². The van der Waals surface area contributed by atoms with E-state index in [1.54, 1.807) is 0 Å². The first-order valence-corrected chi connectivity index (χ1v) is 7.65. The number of benzene rings is 1. The summed E-state index contributed by atoms with van der Waals surface area (Å²) in [6.07, 6.45) is 0.701.